The van der Waals surface area contributed by atoms with Gasteiger partial charge in [-0.3, -0.25) is 9.59 Å². The first-order valence-electron chi connectivity index (χ1n) is 5.09. The van der Waals surface area contributed by atoms with Crippen LogP contribution < -0.4 is 0 Å². The maximum atomic E-state index is 10.5. The molecule has 0 atom stereocenters. The van der Waals surface area contributed by atoms with Crippen molar-refractivity contribution in [1.82, 2.24) is 9.80 Å². The Hall–Kier alpha value is -1.06. The van der Waals surface area contributed by atoms with Gasteiger partial charge in [-0.2, -0.15) is 0 Å². The van der Waals surface area contributed by atoms with Crippen molar-refractivity contribution in [2.75, 3.05) is 27.2 Å². The summed E-state index contributed by atoms with van der Waals surface area (Å²) < 4.78 is 0. The monoisotopic (exact) mass is 198 g/mol. The van der Waals surface area contributed by atoms with E-state index in [-0.39, 0.29) is 0 Å². The third kappa shape index (κ3) is 3.01. The molecule has 2 amide bonds. The van der Waals surface area contributed by atoms with Crippen LogP contribution in [0.25, 0.3) is 0 Å². The molecule has 0 aromatic rings. The molecule has 2 heterocycles. The third-order valence-electron chi connectivity index (χ3n) is 2.62. The van der Waals surface area contributed by atoms with Gasteiger partial charge in [-0.05, 0) is 12.8 Å². The summed E-state index contributed by atoms with van der Waals surface area (Å²) >= 11 is 0. The van der Waals surface area contributed by atoms with Crippen molar-refractivity contribution in [3.8, 4) is 0 Å². The third-order valence-corrected chi connectivity index (χ3v) is 2.62. The number of hydrogen-bond donors (Lipinski definition) is 0. The largest absolute Gasteiger partial charge is 0.346 e. The van der Waals surface area contributed by atoms with E-state index in [9.17, 15) is 9.59 Å². The predicted molar refractivity (Wildman–Crippen MR) is 53.7 cm³/mol. The van der Waals surface area contributed by atoms with Gasteiger partial charge in [-0.15, -0.1) is 0 Å². The number of carbonyl (C=O) groups is 2. The summed E-state index contributed by atoms with van der Waals surface area (Å²) in [7, 11) is 3.69. The summed E-state index contributed by atoms with van der Waals surface area (Å²) in [5.41, 5.74) is 0. The van der Waals surface area contributed by atoms with Gasteiger partial charge in [0, 0.05) is 40.0 Å². The van der Waals surface area contributed by atoms with Crippen LogP contribution in [0.2, 0.25) is 0 Å². The molecule has 0 aromatic carbocycles. The van der Waals surface area contributed by atoms with Gasteiger partial charge in [0.15, 0.2) is 0 Å². The van der Waals surface area contributed by atoms with E-state index >= 15 is 0 Å². The summed E-state index contributed by atoms with van der Waals surface area (Å²) in [5, 5.41) is 0. The van der Waals surface area contributed by atoms with E-state index in [1.165, 1.54) is 0 Å². The summed E-state index contributed by atoms with van der Waals surface area (Å²) in [6.45, 7) is 1.91. The molecule has 4 heteroatoms. The van der Waals surface area contributed by atoms with Crippen LogP contribution in [-0.2, 0) is 9.59 Å². The van der Waals surface area contributed by atoms with Crippen LogP contribution in [0.15, 0.2) is 0 Å². The minimum atomic E-state index is 0.292. The van der Waals surface area contributed by atoms with Crippen LogP contribution in [0.1, 0.15) is 25.7 Å². The normalized spacial score (nSPS) is 21.3. The van der Waals surface area contributed by atoms with E-state index in [0.29, 0.717) is 11.8 Å². The molecule has 0 N–H and O–H groups in total. The van der Waals surface area contributed by atoms with E-state index in [1.54, 1.807) is 9.80 Å². The Balaban J connectivity index is 0.000000140. The number of rotatable bonds is 0. The maximum Gasteiger partial charge on any atom is 0.222 e. The molecule has 0 saturated carbocycles. The molecule has 80 valence electrons. The van der Waals surface area contributed by atoms with E-state index in [1.807, 2.05) is 14.1 Å². The molecule has 2 rings (SSSR count). The molecule has 0 unspecified atom stereocenters. The summed E-state index contributed by atoms with van der Waals surface area (Å²) in [4.78, 5) is 24.5. The van der Waals surface area contributed by atoms with Crippen molar-refractivity contribution >= 4 is 11.8 Å². The lowest BCUT2D eigenvalue weighted by Gasteiger charge is -2.03. The molecule has 2 fully saturated rings. The lowest BCUT2D eigenvalue weighted by atomic mass is 10.4. The number of likely N-dealkylation sites (tertiary alicyclic amines) is 2. The number of amides is 2. The van der Waals surface area contributed by atoms with Crippen molar-refractivity contribution in [1.29, 1.82) is 0 Å². The highest BCUT2D eigenvalue weighted by Gasteiger charge is 2.14. The quantitative estimate of drug-likeness (QED) is 0.568. The topological polar surface area (TPSA) is 40.6 Å². The molecule has 0 bridgehead atoms. The summed E-state index contributed by atoms with van der Waals surface area (Å²) in [6, 6.07) is 0. The van der Waals surface area contributed by atoms with Gasteiger partial charge >= 0.3 is 0 Å². The van der Waals surface area contributed by atoms with Gasteiger partial charge in [-0.25, -0.2) is 0 Å². The van der Waals surface area contributed by atoms with Crippen molar-refractivity contribution < 1.29 is 9.59 Å². The highest BCUT2D eigenvalue weighted by atomic mass is 16.2. The summed E-state index contributed by atoms with van der Waals surface area (Å²) in [5.74, 6) is 0.583. The standard InChI is InChI=1S/2C5H9NO/c2*1-6-4-2-3-5(6)7/h2*2-4H2,1H3. The zero-order chi connectivity index (χ0) is 10.6. The first kappa shape index (κ1) is 11.0. The second-order valence-corrected chi connectivity index (χ2v) is 3.84. The first-order valence-corrected chi connectivity index (χ1v) is 5.09. The van der Waals surface area contributed by atoms with Gasteiger partial charge in [0.2, 0.25) is 11.8 Å². The molecule has 0 radical (unpaired) electrons. The van der Waals surface area contributed by atoms with Gasteiger partial charge < -0.3 is 9.80 Å². The Kier molecular flexibility index (Phi) is 3.92. The molecule has 4 nitrogen and oxygen atoms in total. The van der Waals surface area contributed by atoms with Gasteiger partial charge in [0.25, 0.3) is 0 Å². The second kappa shape index (κ2) is 4.98. The van der Waals surface area contributed by atoms with Crippen LogP contribution in [0, 0.1) is 0 Å². The van der Waals surface area contributed by atoms with Crippen molar-refractivity contribution in [2.24, 2.45) is 0 Å². The molecule has 0 aliphatic carbocycles. The minimum absolute atomic E-state index is 0.292. The fourth-order valence-corrected chi connectivity index (χ4v) is 1.57. The molecule has 2 aliphatic heterocycles. The highest BCUT2D eigenvalue weighted by molar-refractivity contribution is 5.77. The Labute approximate surface area is 84.9 Å². The smallest absolute Gasteiger partial charge is 0.222 e. The highest BCUT2D eigenvalue weighted by Crippen LogP contribution is 2.05. The maximum absolute atomic E-state index is 10.5. The van der Waals surface area contributed by atoms with Crippen molar-refractivity contribution in [3.63, 3.8) is 0 Å². The molecule has 2 aliphatic rings. The molecule has 0 aromatic heterocycles. The lowest BCUT2D eigenvalue weighted by Crippen LogP contribution is -2.17. The zero-order valence-electron chi connectivity index (χ0n) is 8.95. The van der Waals surface area contributed by atoms with Crippen molar-refractivity contribution in [2.45, 2.75) is 25.7 Å². The van der Waals surface area contributed by atoms with Crippen LogP contribution in [0.5, 0.6) is 0 Å². The zero-order valence-corrected chi connectivity index (χ0v) is 8.95. The Morgan fingerprint density at radius 3 is 1.29 bits per heavy atom. The molecular formula is C10H18N2O2. The fraction of sp³-hybridized carbons (Fsp3) is 0.800. The van der Waals surface area contributed by atoms with E-state index in [2.05, 4.69) is 0 Å². The lowest BCUT2D eigenvalue weighted by molar-refractivity contribution is -0.127. The minimum Gasteiger partial charge on any atom is -0.346 e. The van der Waals surface area contributed by atoms with Crippen LogP contribution in [0.3, 0.4) is 0 Å². The number of carbonyl (C=O) groups excluding carboxylic acids is 2. The van der Waals surface area contributed by atoms with Crippen LogP contribution in [-0.4, -0.2) is 48.8 Å². The fourth-order valence-electron chi connectivity index (χ4n) is 1.57. The van der Waals surface area contributed by atoms with Crippen LogP contribution >= 0.6 is 0 Å². The van der Waals surface area contributed by atoms with E-state index < -0.39 is 0 Å². The van der Waals surface area contributed by atoms with Gasteiger partial charge in [0.05, 0.1) is 0 Å². The predicted octanol–water partition coefficient (Wildman–Crippen LogP) is 0.477. The van der Waals surface area contributed by atoms with Crippen LogP contribution in [0.4, 0.5) is 0 Å². The molecule has 0 spiro atoms. The first-order chi connectivity index (χ1) is 6.61. The molecular weight excluding hydrogens is 180 g/mol. The molecule has 14 heavy (non-hydrogen) atoms. The van der Waals surface area contributed by atoms with E-state index in [4.69, 9.17) is 0 Å². The Morgan fingerprint density at radius 1 is 0.857 bits per heavy atom. The molecule has 2 saturated heterocycles. The SMILES string of the molecule is CN1CCCC1=O.CN1CCCC1=O. The number of hydrogen-bond acceptors (Lipinski definition) is 2. The van der Waals surface area contributed by atoms with Gasteiger partial charge in [-0.1, -0.05) is 0 Å². The summed E-state index contributed by atoms with van der Waals surface area (Å²) in [6.07, 6.45) is 3.62. The van der Waals surface area contributed by atoms with E-state index in [0.717, 1.165) is 38.8 Å². The number of nitrogens with zero attached hydrogens (tertiary/aromatic N) is 2. The average Bonchev–Trinajstić information content (AvgIpc) is 2.67. The Morgan fingerprint density at radius 2 is 1.21 bits per heavy atom. The van der Waals surface area contributed by atoms with Crippen molar-refractivity contribution in [3.05, 3.63) is 0 Å². The Bertz CT molecular complexity index is 204. The second-order valence-electron chi connectivity index (χ2n) is 3.84. The van der Waals surface area contributed by atoms with Gasteiger partial charge in [0.1, 0.15) is 0 Å². The average molecular weight is 198 g/mol.